The number of carbonyl (C=O) groups excluding carboxylic acids is 1. The Morgan fingerprint density at radius 1 is 1.17 bits per heavy atom. The molecule has 0 radical (unpaired) electrons. The van der Waals surface area contributed by atoms with Gasteiger partial charge in [-0.25, -0.2) is 0 Å². The molecule has 0 fully saturated rings. The summed E-state index contributed by atoms with van der Waals surface area (Å²) in [4.78, 5) is 10.8. The van der Waals surface area contributed by atoms with E-state index in [4.69, 9.17) is 0 Å². The summed E-state index contributed by atoms with van der Waals surface area (Å²) in [7, 11) is 0. The van der Waals surface area contributed by atoms with E-state index >= 15 is 0 Å². The molecular weight excluding hydrogens is 290 g/mol. The monoisotopic (exact) mass is 305 g/mol. The standard InChI is InChI=1S/C15H16BrNO/c1-15(2,10-17-14(16)18)13-9-5-7-11-6-3-4-8-12(11)13/h3-9H,10H2,1-2H3,(H,17,18). The molecule has 2 rings (SSSR count). The third kappa shape index (κ3) is 2.72. The molecule has 2 aromatic rings. The van der Waals surface area contributed by atoms with Gasteiger partial charge in [-0.05, 0) is 16.3 Å². The molecule has 0 saturated carbocycles. The molecule has 0 aliphatic heterocycles. The van der Waals surface area contributed by atoms with E-state index in [-0.39, 0.29) is 10.2 Å². The average Bonchev–Trinajstić information content (AvgIpc) is 2.36. The predicted octanol–water partition coefficient (Wildman–Crippen LogP) is 4.22. The third-order valence-electron chi connectivity index (χ3n) is 3.19. The van der Waals surface area contributed by atoms with E-state index in [0.717, 1.165) is 0 Å². The van der Waals surface area contributed by atoms with Crippen molar-refractivity contribution in [2.75, 3.05) is 6.54 Å². The van der Waals surface area contributed by atoms with Crippen LogP contribution in [-0.4, -0.2) is 11.4 Å². The fraction of sp³-hybridized carbons (Fsp3) is 0.267. The summed E-state index contributed by atoms with van der Waals surface area (Å²) < 4.78 is 0. The summed E-state index contributed by atoms with van der Waals surface area (Å²) in [6.45, 7) is 4.88. The van der Waals surface area contributed by atoms with Gasteiger partial charge in [0.2, 0.25) is 0 Å². The van der Waals surface area contributed by atoms with E-state index in [1.807, 2.05) is 12.1 Å². The van der Waals surface area contributed by atoms with Crippen LogP contribution in [0.25, 0.3) is 10.8 Å². The van der Waals surface area contributed by atoms with Crippen molar-refractivity contribution in [1.29, 1.82) is 0 Å². The van der Waals surface area contributed by atoms with Gasteiger partial charge in [-0.3, -0.25) is 4.79 Å². The van der Waals surface area contributed by atoms with Crippen LogP contribution >= 0.6 is 15.9 Å². The third-order valence-corrected chi connectivity index (χ3v) is 3.47. The molecule has 3 heteroatoms. The Bertz CT molecular complexity index is 572. The summed E-state index contributed by atoms with van der Waals surface area (Å²) in [5.41, 5.74) is 1.14. The molecular formula is C15H16BrNO. The van der Waals surface area contributed by atoms with Crippen LogP contribution in [0.1, 0.15) is 19.4 Å². The fourth-order valence-electron chi connectivity index (χ4n) is 2.20. The van der Waals surface area contributed by atoms with Crippen molar-refractivity contribution >= 4 is 31.5 Å². The molecule has 2 aromatic carbocycles. The summed E-state index contributed by atoms with van der Waals surface area (Å²) in [5.74, 6) is 0. The lowest BCUT2D eigenvalue weighted by Crippen LogP contribution is -2.34. The summed E-state index contributed by atoms with van der Waals surface area (Å²) in [6.07, 6.45) is 0. The minimum atomic E-state index is -0.171. The van der Waals surface area contributed by atoms with Gasteiger partial charge in [0.1, 0.15) is 0 Å². The fourth-order valence-corrected chi connectivity index (χ4v) is 2.34. The number of carbonyl (C=O) groups is 1. The van der Waals surface area contributed by atoms with Crippen molar-refractivity contribution in [2.24, 2.45) is 0 Å². The van der Waals surface area contributed by atoms with Crippen LogP contribution in [0.2, 0.25) is 0 Å². The molecule has 0 aliphatic carbocycles. The Morgan fingerprint density at radius 2 is 1.83 bits per heavy atom. The number of hydrogen-bond acceptors (Lipinski definition) is 1. The molecule has 1 amide bonds. The van der Waals surface area contributed by atoms with Gasteiger partial charge >= 0.3 is 0 Å². The van der Waals surface area contributed by atoms with E-state index in [1.165, 1.54) is 16.3 Å². The Morgan fingerprint density at radius 3 is 2.56 bits per heavy atom. The zero-order valence-electron chi connectivity index (χ0n) is 10.5. The largest absolute Gasteiger partial charge is 0.346 e. The van der Waals surface area contributed by atoms with Crippen molar-refractivity contribution in [3.8, 4) is 0 Å². The zero-order chi connectivity index (χ0) is 13.2. The molecule has 2 nitrogen and oxygen atoms in total. The number of amides is 1. The first kappa shape index (κ1) is 13.1. The lowest BCUT2D eigenvalue weighted by atomic mass is 9.81. The lowest BCUT2D eigenvalue weighted by Gasteiger charge is -2.26. The molecule has 0 atom stereocenters. The maximum atomic E-state index is 11.0. The molecule has 0 aromatic heterocycles. The number of fused-ring (bicyclic) bond motifs is 1. The van der Waals surface area contributed by atoms with Crippen LogP contribution in [0.4, 0.5) is 4.79 Å². The lowest BCUT2D eigenvalue weighted by molar-refractivity contribution is 0.259. The maximum Gasteiger partial charge on any atom is 0.287 e. The van der Waals surface area contributed by atoms with Crippen molar-refractivity contribution < 1.29 is 4.79 Å². The van der Waals surface area contributed by atoms with Crippen LogP contribution in [-0.2, 0) is 5.41 Å². The molecule has 0 aliphatic rings. The topological polar surface area (TPSA) is 29.1 Å². The first-order chi connectivity index (χ1) is 8.50. The van der Waals surface area contributed by atoms with Crippen LogP contribution in [0.5, 0.6) is 0 Å². The predicted molar refractivity (Wildman–Crippen MR) is 79.3 cm³/mol. The van der Waals surface area contributed by atoms with Crippen LogP contribution in [0.3, 0.4) is 0 Å². The molecule has 0 spiro atoms. The SMILES string of the molecule is CC(C)(CNC(=O)Br)c1cccc2ccccc12. The van der Waals surface area contributed by atoms with Crippen LogP contribution in [0, 0.1) is 0 Å². The number of rotatable bonds is 3. The van der Waals surface area contributed by atoms with Crippen molar-refractivity contribution in [2.45, 2.75) is 19.3 Å². The number of hydrogen-bond donors (Lipinski definition) is 1. The van der Waals surface area contributed by atoms with Gasteiger partial charge in [0, 0.05) is 27.9 Å². The molecule has 94 valence electrons. The van der Waals surface area contributed by atoms with Crippen LogP contribution < -0.4 is 5.32 Å². The van der Waals surface area contributed by atoms with Gasteiger partial charge in [0.15, 0.2) is 0 Å². The number of halogens is 1. The van der Waals surface area contributed by atoms with Gasteiger partial charge in [-0.15, -0.1) is 0 Å². The number of benzene rings is 2. The average molecular weight is 306 g/mol. The highest BCUT2D eigenvalue weighted by molar-refractivity contribution is 9.18. The zero-order valence-corrected chi connectivity index (χ0v) is 12.1. The van der Waals surface area contributed by atoms with Crippen molar-refractivity contribution in [1.82, 2.24) is 5.32 Å². The van der Waals surface area contributed by atoms with E-state index in [1.54, 1.807) is 0 Å². The first-order valence-electron chi connectivity index (χ1n) is 5.92. The Balaban J connectivity index is 2.43. The second-order valence-corrected chi connectivity index (χ2v) is 5.76. The highest BCUT2D eigenvalue weighted by Gasteiger charge is 2.22. The minimum Gasteiger partial charge on any atom is -0.346 e. The molecule has 0 unspecified atom stereocenters. The van der Waals surface area contributed by atoms with E-state index in [2.05, 4.69) is 65.4 Å². The normalized spacial score (nSPS) is 11.5. The summed E-state index contributed by atoms with van der Waals surface area (Å²) in [6, 6.07) is 14.6. The van der Waals surface area contributed by atoms with Gasteiger partial charge < -0.3 is 5.32 Å². The molecule has 1 N–H and O–H groups in total. The number of nitrogens with one attached hydrogen (secondary N) is 1. The molecule has 0 saturated heterocycles. The van der Waals surface area contributed by atoms with Gasteiger partial charge in [-0.2, -0.15) is 0 Å². The molecule has 18 heavy (non-hydrogen) atoms. The highest BCUT2D eigenvalue weighted by atomic mass is 79.9. The van der Waals surface area contributed by atoms with Gasteiger partial charge in [-0.1, -0.05) is 56.3 Å². The van der Waals surface area contributed by atoms with E-state index in [9.17, 15) is 4.79 Å². The second kappa shape index (κ2) is 5.11. The molecule has 0 heterocycles. The summed E-state index contributed by atoms with van der Waals surface area (Å²) in [5, 5.41) is 5.30. The maximum absolute atomic E-state index is 11.0. The summed E-state index contributed by atoms with van der Waals surface area (Å²) >= 11 is 2.90. The smallest absolute Gasteiger partial charge is 0.287 e. The quantitative estimate of drug-likeness (QED) is 0.667. The van der Waals surface area contributed by atoms with Crippen LogP contribution in [0.15, 0.2) is 42.5 Å². The highest BCUT2D eigenvalue weighted by Crippen LogP contribution is 2.29. The van der Waals surface area contributed by atoms with Crippen molar-refractivity contribution in [3.05, 3.63) is 48.0 Å². The van der Waals surface area contributed by atoms with E-state index in [0.29, 0.717) is 6.54 Å². The van der Waals surface area contributed by atoms with E-state index < -0.39 is 0 Å². The minimum absolute atomic E-state index is 0.107. The molecule has 0 bridgehead atoms. The van der Waals surface area contributed by atoms with Gasteiger partial charge in [0.25, 0.3) is 4.82 Å². The first-order valence-corrected chi connectivity index (χ1v) is 6.71. The Hall–Kier alpha value is -1.35. The van der Waals surface area contributed by atoms with Crippen molar-refractivity contribution in [3.63, 3.8) is 0 Å². The Labute approximate surface area is 116 Å². The Kier molecular flexibility index (Phi) is 3.71. The second-order valence-electron chi connectivity index (χ2n) is 5.04. The van der Waals surface area contributed by atoms with Gasteiger partial charge in [0.05, 0.1) is 0 Å².